The summed E-state index contributed by atoms with van der Waals surface area (Å²) < 4.78 is 5.34. The molecule has 7 heteroatoms. The Labute approximate surface area is 162 Å². The predicted molar refractivity (Wildman–Crippen MR) is 104 cm³/mol. The van der Waals surface area contributed by atoms with E-state index in [1.165, 1.54) is 12.8 Å². The molecule has 3 aliphatic rings. The molecule has 1 aromatic heterocycles. The number of piperidine rings is 2. The largest absolute Gasteiger partial charge is 0.342 e. The Bertz CT molecular complexity index is 620. The van der Waals surface area contributed by atoms with Crippen LogP contribution in [0.4, 0.5) is 5.95 Å². The van der Waals surface area contributed by atoms with Crippen molar-refractivity contribution in [2.24, 2.45) is 5.92 Å². The van der Waals surface area contributed by atoms with Crippen LogP contribution < -0.4 is 4.90 Å². The van der Waals surface area contributed by atoms with Crippen molar-refractivity contribution in [3.63, 3.8) is 0 Å². The van der Waals surface area contributed by atoms with Crippen LogP contribution in [0.5, 0.6) is 0 Å². The Morgan fingerprint density at radius 1 is 1.07 bits per heavy atom. The molecule has 1 atom stereocenters. The third-order valence-electron chi connectivity index (χ3n) is 6.40. The summed E-state index contributed by atoms with van der Waals surface area (Å²) in [7, 11) is 0. The predicted octanol–water partition coefficient (Wildman–Crippen LogP) is 2.33. The highest BCUT2D eigenvalue weighted by Gasteiger charge is 2.34. The maximum absolute atomic E-state index is 12.8. The van der Waals surface area contributed by atoms with Crippen LogP contribution >= 0.6 is 0 Å². The van der Waals surface area contributed by atoms with E-state index >= 15 is 0 Å². The zero-order valence-corrected chi connectivity index (χ0v) is 16.6. The molecule has 0 bridgehead atoms. The molecule has 0 aromatic carbocycles. The molecule has 3 fully saturated rings. The Morgan fingerprint density at radius 3 is 2.59 bits per heavy atom. The number of hydrogen-bond donors (Lipinski definition) is 0. The van der Waals surface area contributed by atoms with Crippen molar-refractivity contribution in [2.75, 3.05) is 44.2 Å². The summed E-state index contributed by atoms with van der Waals surface area (Å²) in [5.74, 6) is 2.11. The van der Waals surface area contributed by atoms with E-state index in [-0.39, 0.29) is 5.92 Å². The summed E-state index contributed by atoms with van der Waals surface area (Å²) in [6, 6.07) is 0.581. The van der Waals surface area contributed by atoms with E-state index in [2.05, 4.69) is 31.8 Å². The van der Waals surface area contributed by atoms with Crippen LogP contribution in [0.1, 0.15) is 57.8 Å². The van der Waals surface area contributed by atoms with Crippen LogP contribution in [0.25, 0.3) is 0 Å². The fourth-order valence-electron chi connectivity index (χ4n) is 4.86. The van der Waals surface area contributed by atoms with Crippen molar-refractivity contribution in [3.05, 3.63) is 5.89 Å². The molecule has 4 rings (SSSR count). The van der Waals surface area contributed by atoms with Crippen molar-refractivity contribution in [1.82, 2.24) is 19.9 Å². The fraction of sp³-hybridized carbons (Fsp3) is 0.850. The highest BCUT2D eigenvalue weighted by molar-refractivity contribution is 5.79. The smallest absolute Gasteiger partial charge is 0.266 e. The quantitative estimate of drug-likeness (QED) is 0.787. The summed E-state index contributed by atoms with van der Waals surface area (Å²) in [6.45, 7) is 8.08. The van der Waals surface area contributed by atoms with Gasteiger partial charge in [-0.3, -0.25) is 9.69 Å². The molecule has 3 saturated heterocycles. The first-order valence-corrected chi connectivity index (χ1v) is 10.8. The first-order chi connectivity index (χ1) is 13.2. The second-order valence-corrected chi connectivity index (χ2v) is 8.32. The maximum Gasteiger partial charge on any atom is 0.266 e. The van der Waals surface area contributed by atoms with Gasteiger partial charge < -0.3 is 14.3 Å². The molecular weight excluding hydrogens is 342 g/mol. The van der Waals surface area contributed by atoms with Crippen LogP contribution in [0.15, 0.2) is 4.52 Å². The van der Waals surface area contributed by atoms with Gasteiger partial charge in [-0.1, -0.05) is 6.92 Å². The molecule has 0 spiro atoms. The van der Waals surface area contributed by atoms with E-state index in [1.54, 1.807) is 0 Å². The van der Waals surface area contributed by atoms with Gasteiger partial charge in [0.2, 0.25) is 11.8 Å². The number of hydrogen-bond acceptors (Lipinski definition) is 6. The van der Waals surface area contributed by atoms with Crippen molar-refractivity contribution < 1.29 is 9.32 Å². The van der Waals surface area contributed by atoms with Gasteiger partial charge in [0.1, 0.15) is 0 Å². The van der Waals surface area contributed by atoms with Gasteiger partial charge >= 0.3 is 0 Å². The number of likely N-dealkylation sites (tertiary alicyclic amines) is 2. The summed E-state index contributed by atoms with van der Waals surface area (Å²) in [5.41, 5.74) is 0. The Balaban J connectivity index is 1.29. The van der Waals surface area contributed by atoms with Crippen LogP contribution in [0.3, 0.4) is 0 Å². The number of anilines is 1. The van der Waals surface area contributed by atoms with E-state index in [0.717, 1.165) is 89.6 Å². The minimum atomic E-state index is 0.212. The second-order valence-electron chi connectivity index (χ2n) is 8.32. The molecular formula is C20H33N5O2. The summed E-state index contributed by atoms with van der Waals surface area (Å²) in [4.78, 5) is 24.2. The number of aryl methyl sites for hydroxylation is 1. The lowest BCUT2D eigenvalue weighted by molar-refractivity contribution is -0.136. The summed E-state index contributed by atoms with van der Waals surface area (Å²) in [5, 5.41) is 4.15. The van der Waals surface area contributed by atoms with Crippen molar-refractivity contribution in [3.8, 4) is 0 Å². The highest BCUT2D eigenvalue weighted by atomic mass is 16.5. The standard InChI is InChI=1S/C20H33N5O2/c1-2-6-18-21-20(22-27-18)24-13-8-17(9-14-24)25-12-5-7-16(15-25)19(26)23-10-3-4-11-23/h16-17H,2-15H2,1H3. The Kier molecular flexibility index (Phi) is 5.95. The van der Waals surface area contributed by atoms with E-state index in [9.17, 15) is 4.79 Å². The molecule has 0 saturated carbocycles. The monoisotopic (exact) mass is 375 g/mol. The fourth-order valence-corrected chi connectivity index (χ4v) is 4.86. The van der Waals surface area contributed by atoms with Crippen LogP contribution in [0, 0.1) is 5.92 Å². The summed E-state index contributed by atoms with van der Waals surface area (Å²) >= 11 is 0. The minimum Gasteiger partial charge on any atom is -0.342 e. The molecule has 1 amide bonds. The number of carbonyl (C=O) groups is 1. The molecule has 4 heterocycles. The Morgan fingerprint density at radius 2 is 1.85 bits per heavy atom. The van der Waals surface area contributed by atoms with Gasteiger partial charge in [-0.05, 0) is 56.6 Å². The van der Waals surface area contributed by atoms with Gasteiger partial charge in [0.15, 0.2) is 0 Å². The number of aromatic nitrogens is 2. The molecule has 0 N–H and O–H groups in total. The number of rotatable bonds is 5. The molecule has 3 aliphatic heterocycles. The van der Waals surface area contributed by atoms with Crippen molar-refractivity contribution in [2.45, 2.75) is 64.3 Å². The lowest BCUT2D eigenvalue weighted by Gasteiger charge is -2.42. The normalized spacial score (nSPS) is 25.3. The topological polar surface area (TPSA) is 65.7 Å². The lowest BCUT2D eigenvalue weighted by Crippen LogP contribution is -2.51. The number of amides is 1. The van der Waals surface area contributed by atoms with E-state index in [0.29, 0.717) is 11.9 Å². The zero-order chi connectivity index (χ0) is 18.6. The molecule has 0 aliphatic carbocycles. The summed E-state index contributed by atoms with van der Waals surface area (Å²) in [6.07, 6.45) is 8.67. The molecule has 27 heavy (non-hydrogen) atoms. The second kappa shape index (κ2) is 8.59. The third-order valence-corrected chi connectivity index (χ3v) is 6.40. The van der Waals surface area contributed by atoms with E-state index in [1.807, 2.05) is 0 Å². The molecule has 7 nitrogen and oxygen atoms in total. The van der Waals surface area contributed by atoms with Gasteiger partial charge in [0.25, 0.3) is 5.95 Å². The minimum absolute atomic E-state index is 0.212. The lowest BCUT2D eigenvalue weighted by atomic mass is 9.93. The number of nitrogens with zero attached hydrogens (tertiary/aromatic N) is 5. The first-order valence-electron chi connectivity index (χ1n) is 10.8. The third kappa shape index (κ3) is 4.28. The van der Waals surface area contributed by atoms with Gasteiger partial charge in [-0.15, -0.1) is 0 Å². The SMILES string of the molecule is CCCc1nc(N2CCC(N3CCCC(C(=O)N4CCCC4)C3)CC2)no1. The van der Waals surface area contributed by atoms with Crippen LogP contribution in [0.2, 0.25) is 0 Å². The van der Waals surface area contributed by atoms with Gasteiger partial charge in [-0.25, -0.2) is 0 Å². The number of carbonyl (C=O) groups excluding carboxylic acids is 1. The average molecular weight is 376 g/mol. The average Bonchev–Trinajstić information content (AvgIpc) is 3.40. The van der Waals surface area contributed by atoms with Crippen LogP contribution in [-0.4, -0.2) is 71.2 Å². The maximum atomic E-state index is 12.8. The highest BCUT2D eigenvalue weighted by Crippen LogP contribution is 2.27. The molecule has 1 aromatic rings. The van der Waals surface area contributed by atoms with E-state index in [4.69, 9.17) is 4.52 Å². The Hall–Kier alpha value is -1.63. The van der Waals surface area contributed by atoms with Crippen molar-refractivity contribution in [1.29, 1.82) is 0 Å². The molecule has 0 radical (unpaired) electrons. The van der Waals surface area contributed by atoms with Gasteiger partial charge in [-0.2, -0.15) is 4.98 Å². The van der Waals surface area contributed by atoms with Gasteiger partial charge in [0.05, 0.1) is 5.92 Å². The van der Waals surface area contributed by atoms with E-state index < -0.39 is 0 Å². The van der Waals surface area contributed by atoms with Gasteiger partial charge in [0, 0.05) is 45.2 Å². The van der Waals surface area contributed by atoms with Crippen LogP contribution in [-0.2, 0) is 11.2 Å². The molecule has 1 unspecified atom stereocenters. The molecule has 150 valence electrons. The van der Waals surface area contributed by atoms with Crippen molar-refractivity contribution >= 4 is 11.9 Å². The first kappa shape index (κ1) is 18.7. The zero-order valence-electron chi connectivity index (χ0n) is 16.6.